The lowest BCUT2D eigenvalue weighted by atomic mass is 10.2. The first-order chi connectivity index (χ1) is 13.9. The zero-order valence-electron chi connectivity index (χ0n) is 15.9. The molecule has 0 saturated carbocycles. The van der Waals surface area contributed by atoms with E-state index in [1.54, 1.807) is 12.1 Å². The van der Waals surface area contributed by atoms with Crippen LogP contribution in [-0.2, 0) is 16.7 Å². The summed E-state index contributed by atoms with van der Waals surface area (Å²) in [6.45, 7) is 3.97. The number of carbonyl (C=O) groups is 1. The van der Waals surface area contributed by atoms with Crippen molar-refractivity contribution < 1.29 is 17.6 Å². The summed E-state index contributed by atoms with van der Waals surface area (Å²) in [6, 6.07) is 13.8. The molecule has 0 amide bonds. The molecule has 0 N–H and O–H groups in total. The van der Waals surface area contributed by atoms with Gasteiger partial charge in [-0.3, -0.25) is 14.3 Å². The van der Waals surface area contributed by atoms with Crippen LogP contribution in [0.2, 0.25) is 0 Å². The van der Waals surface area contributed by atoms with Crippen LogP contribution in [0.4, 0.5) is 0 Å². The monoisotopic (exact) mass is 431 g/mol. The molecule has 3 aromatic rings. The second-order valence-electron chi connectivity index (χ2n) is 7.01. The molecule has 9 heteroatoms. The van der Waals surface area contributed by atoms with E-state index < -0.39 is 10.0 Å². The zero-order chi connectivity index (χ0) is 20.6. The third-order valence-corrected chi connectivity index (χ3v) is 7.36. The highest BCUT2D eigenvalue weighted by atomic mass is 32.2. The van der Waals surface area contributed by atoms with Crippen LogP contribution >= 0.6 is 12.2 Å². The Morgan fingerprint density at radius 2 is 1.69 bits per heavy atom. The molecule has 0 spiro atoms. The summed E-state index contributed by atoms with van der Waals surface area (Å²) in [4.78, 5) is 14.2. The van der Waals surface area contributed by atoms with Crippen LogP contribution in [0.5, 0.6) is 0 Å². The van der Waals surface area contributed by atoms with Gasteiger partial charge in [-0.25, -0.2) is 8.42 Å². The van der Waals surface area contributed by atoms with Gasteiger partial charge < -0.3 is 4.42 Å². The van der Waals surface area contributed by atoms with Crippen LogP contribution in [0, 0.1) is 4.84 Å². The van der Waals surface area contributed by atoms with E-state index in [2.05, 4.69) is 4.90 Å². The Morgan fingerprint density at radius 1 is 1.03 bits per heavy atom. The van der Waals surface area contributed by atoms with Crippen molar-refractivity contribution in [3.8, 4) is 0 Å². The van der Waals surface area contributed by atoms with Gasteiger partial charge in [-0.1, -0.05) is 24.3 Å². The average molecular weight is 432 g/mol. The van der Waals surface area contributed by atoms with E-state index in [1.807, 2.05) is 28.8 Å². The number of aromatic nitrogens is 1. The predicted octanol–water partition coefficient (Wildman–Crippen LogP) is 3.13. The van der Waals surface area contributed by atoms with E-state index >= 15 is 0 Å². The minimum atomic E-state index is -3.58. The minimum absolute atomic E-state index is 0.0899. The molecule has 2 heterocycles. The van der Waals surface area contributed by atoms with Gasteiger partial charge in [0, 0.05) is 31.7 Å². The molecule has 1 aliphatic rings. The lowest BCUT2D eigenvalue weighted by molar-refractivity contribution is 0.101. The Kier molecular flexibility index (Phi) is 5.39. The molecule has 1 fully saturated rings. The molecule has 1 saturated heterocycles. The fourth-order valence-corrected chi connectivity index (χ4v) is 5.14. The summed E-state index contributed by atoms with van der Waals surface area (Å²) >= 11 is 5.34. The molecule has 2 aromatic carbocycles. The largest absolute Gasteiger partial charge is 0.429 e. The van der Waals surface area contributed by atoms with E-state index in [4.69, 9.17) is 16.6 Å². The van der Waals surface area contributed by atoms with E-state index in [1.165, 1.54) is 23.4 Å². The Balaban J connectivity index is 1.45. The standard InChI is InChI=1S/C20H21N3O4S2/c1-15(24)16-6-8-17(9-7-16)29(25,26)22-12-10-21(11-13-22)14-23-18-4-2-3-5-19(18)27-20(23)28/h2-9H,10-14H2,1H3. The lowest BCUT2D eigenvalue weighted by Gasteiger charge is -2.34. The van der Waals surface area contributed by atoms with Gasteiger partial charge in [0.1, 0.15) is 0 Å². The molecule has 1 aromatic heterocycles. The van der Waals surface area contributed by atoms with Crippen molar-refractivity contribution in [1.29, 1.82) is 0 Å². The Bertz CT molecular complexity index is 1200. The lowest BCUT2D eigenvalue weighted by Crippen LogP contribution is -2.48. The normalized spacial score (nSPS) is 16.3. The minimum Gasteiger partial charge on any atom is -0.429 e. The maximum atomic E-state index is 12.9. The van der Waals surface area contributed by atoms with Crippen LogP contribution < -0.4 is 0 Å². The SMILES string of the molecule is CC(=O)c1ccc(S(=O)(=O)N2CCN(Cn3c(=S)oc4ccccc43)CC2)cc1. The summed E-state index contributed by atoms with van der Waals surface area (Å²) in [5.41, 5.74) is 2.17. The van der Waals surface area contributed by atoms with Crippen LogP contribution in [0.15, 0.2) is 57.8 Å². The number of oxazole rings is 1. The average Bonchev–Trinajstić information content (AvgIpc) is 3.04. The number of carbonyl (C=O) groups excluding carboxylic acids is 1. The first kappa shape index (κ1) is 20.0. The van der Waals surface area contributed by atoms with Crippen LogP contribution in [0.25, 0.3) is 11.1 Å². The van der Waals surface area contributed by atoms with Gasteiger partial charge in [0.2, 0.25) is 10.0 Å². The number of piperazine rings is 1. The molecule has 152 valence electrons. The van der Waals surface area contributed by atoms with Gasteiger partial charge in [0.05, 0.1) is 17.1 Å². The first-order valence-electron chi connectivity index (χ1n) is 9.28. The van der Waals surface area contributed by atoms with Crippen molar-refractivity contribution in [1.82, 2.24) is 13.8 Å². The van der Waals surface area contributed by atoms with Gasteiger partial charge in [0.15, 0.2) is 11.4 Å². The van der Waals surface area contributed by atoms with Crippen molar-refractivity contribution in [2.24, 2.45) is 0 Å². The molecule has 0 radical (unpaired) electrons. The third kappa shape index (κ3) is 3.91. The quantitative estimate of drug-likeness (QED) is 0.456. The van der Waals surface area contributed by atoms with Crippen LogP contribution in [0.1, 0.15) is 17.3 Å². The van der Waals surface area contributed by atoms with Crippen molar-refractivity contribution >= 4 is 39.1 Å². The summed E-state index contributed by atoms with van der Waals surface area (Å²) in [6.07, 6.45) is 0. The highest BCUT2D eigenvalue weighted by Crippen LogP contribution is 2.21. The van der Waals surface area contributed by atoms with Gasteiger partial charge in [-0.2, -0.15) is 4.31 Å². The Labute approximate surface area is 174 Å². The zero-order valence-corrected chi connectivity index (χ0v) is 17.6. The van der Waals surface area contributed by atoms with Crippen molar-refractivity contribution in [3.63, 3.8) is 0 Å². The number of hydrogen-bond donors (Lipinski definition) is 0. The Morgan fingerprint density at radius 3 is 2.34 bits per heavy atom. The molecule has 29 heavy (non-hydrogen) atoms. The predicted molar refractivity (Wildman–Crippen MR) is 112 cm³/mol. The molecule has 4 rings (SSSR count). The van der Waals surface area contributed by atoms with Crippen molar-refractivity contribution in [2.45, 2.75) is 18.5 Å². The second kappa shape index (κ2) is 7.83. The highest BCUT2D eigenvalue weighted by molar-refractivity contribution is 7.89. The summed E-state index contributed by atoms with van der Waals surface area (Å²) < 4.78 is 34.8. The summed E-state index contributed by atoms with van der Waals surface area (Å²) in [5.74, 6) is -0.0899. The van der Waals surface area contributed by atoms with Gasteiger partial charge in [0.25, 0.3) is 4.84 Å². The summed E-state index contributed by atoms with van der Waals surface area (Å²) in [7, 11) is -3.58. The van der Waals surface area contributed by atoms with Gasteiger partial charge in [-0.15, -0.1) is 0 Å². The number of nitrogens with zero attached hydrogens (tertiary/aromatic N) is 3. The molecule has 0 unspecified atom stereocenters. The number of ketones is 1. The fourth-order valence-electron chi connectivity index (χ4n) is 3.47. The number of Topliss-reactive ketones (excluding diaryl/α,β-unsaturated/α-hetero) is 1. The maximum absolute atomic E-state index is 12.9. The van der Waals surface area contributed by atoms with Crippen LogP contribution in [0.3, 0.4) is 0 Å². The maximum Gasteiger partial charge on any atom is 0.270 e. The topological polar surface area (TPSA) is 75.8 Å². The second-order valence-corrected chi connectivity index (χ2v) is 9.30. The number of hydrogen-bond acceptors (Lipinski definition) is 6. The highest BCUT2D eigenvalue weighted by Gasteiger charge is 2.28. The number of sulfonamides is 1. The molecule has 1 aliphatic heterocycles. The molecular weight excluding hydrogens is 410 g/mol. The van der Waals surface area contributed by atoms with E-state index in [-0.39, 0.29) is 10.7 Å². The molecule has 0 bridgehead atoms. The van der Waals surface area contributed by atoms with E-state index in [0.29, 0.717) is 43.2 Å². The Hall–Kier alpha value is -2.33. The van der Waals surface area contributed by atoms with Gasteiger partial charge >= 0.3 is 0 Å². The van der Waals surface area contributed by atoms with Gasteiger partial charge in [-0.05, 0) is 43.4 Å². The number of fused-ring (bicyclic) bond motifs is 1. The molecule has 0 aliphatic carbocycles. The molecular formula is C20H21N3O4S2. The number of para-hydroxylation sites is 2. The van der Waals surface area contributed by atoms with E-state index in [9.17, 15) is 13.2 Å². The third-order valence-electron chi connectivity index (χ3n) is 5.15. The van der Waals surface area contributed by atoms with Crippen molar-refractivity contribution in [2.75, 3.05) is 26.2 Å². The summed E-state index contributed by atoms with van der Waals surface area (Å²) in [5, 5.41) is 0. The first-order valence-corrected chi connectivity index (χ1v) is 11.1. The molecule has 7 nitrogen and oxygen atoms in total. The van der Waals surface area contributed by atoms with E-state index in [0.717, 1.165) is 11.1 Å². The fraction of sp³-hybridized carbons (Fsp3) is 0.300. The van der Waals surface area contributed by atoms with Crippen LogP contribution in [-0.4, -0.2) is 54.2 Å². The molecule has 0 atom stereocenters. The number of rotatable bonds is 5. The smallest absolute Gasteiger partial charge is 0.270 e. The number of benzene rings is 2. The van der Waals surface area contributed by atoms with Crippen molar-refractivity contribution in [3.05, 3.63) is 58.9 Å².